The topological polar surface area (TPSA) is 29.1 Å². The Labute approximate surface area is 88.4 Å². The molecule has 0 unspecified atom stereocenters. The van der Waals surface area contributed by atoms with E-state index in [0.717, 1.165) is 6.07 Å². The molecule has 1 N–H and O–H groups in total. The molecule has 0 aliphatic carbocycles. The molecule has 0 atom stereocenters. The third-order valence-electron chi connectivity index (χ3n) is 1.63. The smallest absolute Gasteiger partial charge is 0.224 e. The normalized spacial score (nSPS) is 10.0. The van der Waals surface area contributed by atoms with Gasteiger partial charge in [0.1, 0.15) is 5.82 Å². The van der Waals surface area contributed by atoms with Gasteiger partial charge in [-0.1, -0.05) is 6.92 Å². The van der Waals surface area contributed by atoms with E-state index in [2.05, 4.69) is 21.2 Å². The molecule has 0 fully saturated rings. The molecule has 1 aromatic carbocycles. The van der Waals surface area contributed by atoms with E-state index >= 15 is 0 Å². The van der Waals surface area contributed by atoms with Crippen LogP contribution in [0, 0.1) is 11.6 Å². The van der Waals surface area contributed by atoms with E-state index in [1.54, 1.807) is 6.92 Å². The van der Waals surface area contributed by atoms with Gasteiger partial charge in [-0.25, -0.2) is 8.78 Å². The standard InChI is InChI=1S/C9H8BrF2NO/c1-2-7(14)13-6-4-3-5(11)8(10)9(6)12/h3-4H,2H2,1H3,(H,13,14). The van der Waals surface area contributed by atoms with Crippen molar-refractivity contribution in [2.75, 3.05) is 5.32 Å². The summed E-state index contributed by atoms with van der Waals surface area (Å²) >= 11 is 2.74. The first-order valence-electron chi connectivity index (χ1n) is 3.99. The molecule has 0 aliphatic rings. The predicted octanol–water partition coefficient (Wildman–Crippen LogP) is 3.08. The van der Waals surface area contributed by atoms with Crippen molar-refractivity contribution in [3.05, 3.63) is 28.2 Å². The van der Waals surface area contributed by atoms with Crippen molar-refractivity contribution >= 4 is 27.5 Å². The fourth-order valence-corrected chi connectivity index (χ4v) is 1.21. The summed E-state index contributed by atoms with van der Waals surface area (Å²) in [6, 6.07) is 2.27. The summed E-state index contributed by atoms with van der Waals surface area (Å²) in [7, 11) is 0. The number of halogens is 3. The minimum absolute atomic E-state index is 0.0230. The van der Waals surface area contributed by atoms with Crippen molar-refractivity contribution in [2.24, 2.45) is 0 Å². The van der Waals surface area contributed by atoms with Gasteiger partial charge in [-0.05, 0) is 28.1 Å². The van der Waals surface area contributed by atoms with Gasteiger partial charge in [-0.15, -0.1) is 0 Å². The molecule has 5 heteroatoms. The lowest BCUT2D eigenvalue weighted by molar-refractivity contribution is -0.115. The molecule has 0 bridgehead atoms. The number of nitrogens with one attached hydrogen (secondary N) is 1. The second-order valence-corrected chi connectivity index (χ2v) is 3.42. The Morgan fingerprint density at radius 2 is 2.14 bits per heavy atom. The van der Waals surface area contributed by atoms with E-state index in [4.69, 9.17) is 0 Å². The highest BCUT2D eigenvalue weighted by Gasteiger charge is 2.12. The molecular formula is C9H8BrF2NO. The summed E-state index contributed by atoms with van der Waals surface area (Å²) in [6.45, 7) is 1.64. The Morgan fingerprint density at radius 3 is 2.71 bits per heavy atom. The molecule has 2 nitrogen and oxygen atoms in total. The van der Waals surface area contributed by atoms with Gasteiger partial charge in [0.05, 0.1) is 10.2 Å². The molecule has 14 heavy (non-hydrogen) atoms. The Kier molecular flexibility index (Phi) is 3.57. The number of carbonyl (C=O) groups excluding carboxylic acids is 1. The highest BCUT2D eigenvalue weighted by molar-refractivity contribution is 9.10. The van der Waals surface area contributed by atoms with Crippen LogP contribution in [0.1, 0.15) is 13.3 Å². The number of amides is 1. The number of carbonyl (C=O) groups is 1. The average molecular weight is 264 g/mol. The SMILES string of the molecule is CCC(=O)Nc1ccc(F)c(Br)c1F. The lowest BCUT2D eigenvalue weighted by Gasteiger charge is -2.06. The van der Waals surface area contributed by atoms with Gasteiger partial charge in [-0.2, -0.15) is 0 Å². The van der Waals surface area contributed by atoms with Gasteiger partial charge in [0.25, 0.3) is 0 Å². The molecule has 0 aromatic heterocycles. The number of benzene rings is 1. The van der Waals surface area contributed by atoms with Crippen molar-refractivity contribution in [1.29, 1.82) is 0 Å². The molecular weight excluding hydrogens is 256 g/mol. The van der Waals surface area contributed by atoms with Crippen LogP contribution in [-0.4, -0.2) is 5.91 Å². The quantitative estimate of drug-likeness (QED) is 0.817. The van der Waals surface area contributed by atoms with Gasteiger partial charge in [0.15, 0.2) is 5.82 Å². The molecule has 0 aliphatic heterocycles. The first-order valence-corrected chi connectivity index (χ1v) is 4.79. The summed E-state index contributed by atoms with van der Waals surface area (Å²) in [5.41, 5.74) is -0.0230. The molecule has 1 rings (SSSR count). The van der Waals surface area contributed by atoms with E-state index in [1.807, 2.05) is 0 Å². The molecule has 0 saturated heterocycles. The monoisotopic (exact) mass is 263 g/mol. The lowest BCUT2D eigenvalue weighted by Crippen LogP contribution is -2.11. The maximum Gasteiger partial charge on any atom is 0.224 e. The maximum atomic E-state index is 13.3. The van der Waals surface area contributed by atoms with Crippen LogP contribution in [0.3, 0.4) is 0 Å². The van der Waals surface area contributed by atoms with Crippen LogP contribution in [0.4, 0.5) is 14.5 Å². The maximum absolute atomic E-state index is 13.3. The zero-order valence-corrected chi connectivity index (χ0v) is 8.99. The number of hydrogen-bond donors (Lipinski definition) is 1. The summed E-state index contributed by atoms with van der Waals surface area (Å²) in [4.78, 5) is 10.9. The second kappa shape index (κ2) is 4.50. The zero-order chi connectivity index (χ0) is 10.7. The van der Waals surface area contributed by atoms with Gasteiger partial charge in [-0.3, -0.25) is 4.79 Å². The minimum atomic E-state index is -0.799. The van der Waals surface area contributed by atoms with E-state index in [-0.39, 0.29) is 22.5 Å². The van der Waals surface area contributed by atoms with Crippen LogP contribution >= 0.6 is 15.9 Å². The average Bonchev–Trinajstić information content (AvgIpc) is 2.19. The number of anilines is 1. The van der Waals surface area contributed by atoms with Crippen LogP contribution in [0.15, 0.2) is 16.6 Å². The third-order valence-corrected chi connectivity index (χ3v) is 2.36. The predicted molar refractivity (Wildman–Crippen MR) is 53.0 cm³/mol. The van der Waals surface area contributed by atoms with Crippen LogP contribution in [0.5, 0.6) is 0 Å². The van der Waals surface area contributed by atoms with E-state index in [0.29, 0.717) is 0 Å². The van der Waals surface area contributed by atoms with E-state index in [9.17, 15) is 13.6 Å². The number of hydrogen-bond acceptors (Lipinski definition) is 1. The highest BCUT2D eigenvalue weighted by Crippen LogP contribution is 2.25. The van der Waals surface area contributed by atoms with Crippen molar-refractivity contribution in [3.63, 3.8) is 0 Å². The van der Waals surface area contributed by atoms with Crippen LogP contribution in [-0.2, 0) is 4.79 Å². The largest absolute Gasteiger partial charge is 0.324 e. The Morgan fingerprint density at radius 1 is 1.50 bits per heavy atom. The molecule has 1 amide bonds. The van der Waals surface area contributed by atoms with Gasteiger partial charge in [0, 0.05) is 6.42 Å². The van der Waals surface area contributed by atoms with E-state index < -0.39 is 11.6 Å². The van der Waals surface area contributed by atoms with Crippen molar-refractivity contribution in [1.82, 2.24) is 0 Å². The lowest BCUT2D eigenvalue weighted by atomic mass is 10.3. The molecule has 0 radical (unpaired) electrons. The Hall–Kier alpha value is -0.970. The third kappa shape index (κ3) is 2.29. The molecule has 0 spiro atoms. The molecule has 76 valence electrons. The van der Waals surface area contributed by atoms with Crippen LogP contribution < -0.4 is 5.32 Å². The van der Waals surface area contributed by atoms with Crippen molar-refractivity contribution in [3.8, 4) is 0 Å². The fraction of sp³-hybridized carbons (Fsp3) is 0.222. The Bertz CT molecular complexity index is 368. The van der Waals surface area contributed by atoms with Gasteiger partial charge < -0.3 is 5.32 Å². The first-order chi connectivity index (χ1) is 6.56. The van der Waals surface area contributed by atoms with Gasteiger partial charge in [0.2, 0.25) is 5.91 Å². The molecule has 0 heterocycles. The van der Waals surface area contributed by atoms with Crippen molar-refractivity contribution in [2.45, 2.75) is 13.3 Å². The summed E-state index contributed by atoms with van der Waals surface area (Å²) in [5.74, 6) is -1.81. The first kappa shape index (κ1) is 11.1. The van der Waals surface area contributed by atoms with Crippen LogP contribution in [0.2, 0.25) is 0 Å². The molecule has 0 saturated carbocycles. The second-order valence-electron chi connectivity index (χ2n) is 2.62. The summed E-state index contributed by atoms with van der Waals surface area (Å²) in [6.07, 6.45) is 0.244. The van der Waals surface area contributed by atoms with E-state index in [1.165, 1.54) is 6.07 Å². The zero-order valence-electron chi connectivity index (χ0n) is 7.40. The Balaban J connectivity index is 3.00. The summed E-state index contributed by atoms with van der Waals surface area (Å²) in [5, 5.41) is 2.32. The van der Waals surface area contributed by atoms with Gasteiger partial charge >= 0.3 is 0 Å². The molecule has 1 aromatic rings. The van der Waals surface area contributed by atoms with Crippen molar-refractivity contribution < 1.29 is 13.6 Å². The number of rotatable bonds is 2. The summed E-state index contributed by atoms with van der Waals surface area (Å²) < 4.78 is 25.8. The minimum Gasteiger partial charge on any atom is -0.324 e. The van der Waals surface area contributed by atoms with Crippen LogP contribution in [0.25, 0.3) is 0 Å². The fourth-order valence-electron chi connectivity index (χ4n) is 0.861. The highest BCUT2D eigenvalue weighted by atomic mass is 79.9.